The highest BCUT2D eigenvalue weighted by Gasteiger charge is 2.17. The van der Waals surface area contributed by atoms with Crippen molar-refractivity contribution in [3.63, 3.8) is 0 Å². The zero-order chi connectivity index (χ0) is 21.6. The van der Waals surface area contributed by atoms with E-state index in [9.17, 15) is 13.2 Å². The minimum atomic E-state index is -3.37. The lowest BCUT2D eigenvalue weighted by molar-refractivity contribution is -0.136. The molecule has 0 radical (unpaired) electrons. The summed E-state index contributed by atoms with van der Waals surface area (Å²) in [7, 11) is -3.37. The molecule has 0 aliphatic carbocycles. The van der Waals surface area contributed by atoms with Crippen LogP contribution in [0, 0.1) is 0 Å². The van der Waals surface area contributed by atoms with Gasteiger partial charge in [-0.15, -0.1) is 0 Å². The Hall–Kier alpha value is -2.64. The van der Waals surface area contributed by atoms with Crippen LogP contribution in [0.5, 0.6) is 11.5 Å². The summed E-state index contributed by atoms with van der Waals surface area (Å²) < 4.78 is 32.1. The molecular formula is C23H21BrO5S. The van der Waals surface area contributed by atoms with Crippen molar-refractivity contribution in [3.8, 4) is 11.5 Å². The van der Waals surface area contributed by atoms with Crippen LogP contribution in [0.25, 0.3) is 0 Å². The Morgan fingerprint density at radius 2 is 1.67 bits per heavy atom. The fourth-order valence-corrected chi connectivity index (χ4v) is 4.81. The van der Waals surface area contributed by atoms with E-state index in [2.05, 4.69) is 15.9 Å². The summed E-state index contributed by atoms with van der Waals surface area (Å²) in [5, 5.41) is 8.97. The van der Waals surface area contributed by atoms with Gasteiger partial charge in [0.15, 0.2) is 9.84 Å². The standard InChI is InChI=1S/C23H21BrO5S/c24-20-9-10-22(29-21-8-4-7-18(13-21)14-23(25)26)19(15-20)16-30(27,28)12-11-17-5-2-1-3-6-17/h1-10,13,15H,11-12,14,16H2,(H,25,26). The fraction of sp³-hybridized carbons (Fsp3) is 0.174. The molecule has 1 N–H and O–H groups in total. The van der Waals surface area contributed by atoms with Crippen molar-refractivity contribution in [3.05, 3.63) is 94.0 Å². The van der Waals surface area contributed by atoms with Gasteiger partial charge in [-0.05, 0) is 47.9 Å². The molecule has 0 aliphatic rings. The number of hydrogen-bond donors (Lipinski definition) is 1. The summed E-state index contributed by atoms with van der Waals surface area (Å²) >= 11 is 3.39. The number of hydrogen-bond acceptors (Lipinski definition) is 4. The van der Waals surface area contributed by atoms with Crippen molar-refractivity contribution in [1.82, 2.24) is 0 Å². The molecule has 30 heavy (non-hydrogen) atoms. The monoisotopic (exact) mass is 488 g/mol. The topological polar surface area (TPSA) is 80.7 Å². The zero-order valence-corrected chi connectivity index (χ0v) is 18.5. The number of benzene rings is 3. The van der Waals surface area contributed by atoms with Crippen LogP contribution in [0.3, 0.4) is 0 Å². The summed E-state index contributed by atoms with van der Waals surface area (Å²) in [6.07, 6.45) is 0.336. The van der Waals surface area contributed by atoms with Crippen LogP contribution in [-0.4, -0.2) is 25.2 Å². The highest BCUT2D eigenvalue weighted by atomic mass is 79.9. The lowest BCUT2D eigenvalue weighted by Crippen LogP contribution is -2.12. The van der Waals surface area contributed by atoms with Gasteiger partial charge in [-0.2, -0.15) is 0 Å². The van der Waals surface area contributed by atoms with Crippen LogP contribution in [0.15, 0.2) is 77.3 Å². The Morgan fingerprint density at radius 1 is 0.933 bits per heavy atom. The number of sulfone groups is 1. The molecule has 0 unspecified atom stereocenters. The van der Waals surface area contributed by atoms with Crippen molar-refractivity contribution in [2.45, 2.75) is 18.6 Å². The second-order valence-corrected chi connectivity index (χ2v) is 10.00. The maximum absolute atomic E-state index is 12.7. The first-order valence-electron chi connectivity index (χ1n) is 9.32. The molecule has 0 fully saturated rings. The number of ether oxygens (including phenoxy) is 1. The molecule has 0 saturated heterocycles. The van der Waals surface area contributed by atoms with Gasteiger partial charge in [-0.3, -0.25) is 4.79 Å². The van der Waals surface area contributed by atoms with Gasteiger partial charge in [-0.25, -0.2) is 8.42 Å². The van der Waals surface area contributed by atoms with E-state index in [1.54, 1.807) is 42.5 Å². The summed E-state index contributed by atoms with van der Waals surface area (Å²) in [4.78, 5) is 10.9. The van der Waals surface area contributed by atoms with Gasteiger partial charge in [0.25, 0.3) is 0 Å². The van der Waals surface area contributed by atoms with Gasteiger partial charge in [0.05, 0.1) is 17.9 Å². The smallest absolute Gasteiger partial charge is 0.307 e. The van der Waals surface area contributed by atoms with Crippen LogP contribution < -0.4 is 4.74 Å². The van der Waals surface area contributed by atoms with Gasteiger partial charge in [-0.1, -0.05) is 58.4 Å². The van der Waals surface area contributed by atoms with Gasteiger partial charge in [0.1, 0.15) is 11.5 Å². The minimum absolute atomic E-state index is 0.0388. The fourth-order valence-electron chi connectivity index (χ4n) is 3.01. The Balaban J connectivity index is 1.77. The summed E-state index contributed by atoms with van der Waals surface area (Å²) in [5.74, 6) is -0.158. The molecule has 3 aromatic rings. The molecule has 3 rings (SSSR count). The third-order valence-electron chi connectivity index (χ3n) is 4.42. The lowest BCUT2D eigenvalue weighted by atomic mass is 10.1. The summed E-state index contributed by atoms with van der Waals surface area (Å²) in [6, 6.07) is 21.5. The molecule has 0 bridgehead atoms. The van der Waals surface area contributed by atoms with E-state index >= 15 is 0 Å². The average molecular weight is 489 g/mol. The first-order chi connectivity index (χ1) is 14.3. The molecule has 5 nitrogen and oxygen atoms in total. The Morgan fingerprint density at radius 3 is 2.40 bits per heavy atom. The molecule has 0 aliphatic heterocycles. The molecule has 0 aromatic heterocycles. The molecule has 7 heteroatoms. The number of aliphatic carboxylic acids is 1. The zero-order valence-electron chi connectivity index (χ0n) is 16.1. The molecule has 156 valence electrons. The van der Waals surface area contributed by atoms with Crippen molar-refractivity contribution in [2.75, 3.05) is 5.75 Å². The highest BCUT2D eigenvalue weighted by molar-refractivity contribution is 9.10. The van der Waals surface area contributed by atoms with E-state index in [-0.39, 0.29) is 17.9 Å². The molecule has 0 spiro atoms. The van der Waals surface area contributed by atoms with E-state index in [0.717, 1.165) is 10.0 Å². The second kappa shape index (κ2) is 9.91. The molecular weight excluding hydrogens is 468 g/mol. The molecule has 3 aromatic carbocycles. The van der Waals surface area contributed by atoms with Crippen molar-refractivity contribution in [1.29, 1.82) is 0 Å². The van der Waals surface area contributed by atoms with Crippen LogP contribution in [-0.2, 0) is 33.2 Å². The third kappa shape index (κ3) is 6.71. The number of halogens is 1. The van der Waals surface area contributed by atoms with E-state index < -0.39 is 15.8 Å². The van der Waals surface area contributed by atoms with Crippen LogP contribution >= 0.6 is 15.9 Å². The molecule has 0 heterocycles. The number of aryl methyl sites for hydroxylation is 1. The Labute approximate surface area is 184 Å². The van der Waals surface area contributed by atoms with E-state index in [1.807, 2.05) is 30.3 Å². The van der Waals surface area contributed by atoms with Crippen LogP contribution in [0.4, 0.5) is 0 Å². The Kier molecular flexibility index (Phi) is 7.29. The largest absolute Gasteiger partial charge is 0.481 e. The number of carboxylic acid groups (broad SMARTS) is 1. The lowest BCUT2D eigenvalue weighted by Gasteiger charge is -2.13. The van der Waals surface area contributed by atoms with E-state index in [0.29, 0.717) is 29.0 Å². The van der Waals surface area contributed by atoms with Crippen LogP contribution in [0.1, 0.15) is 16.7 Å². The number of rotatable bonds is 9. The molecule has 0 saturated carbocycles. The predicted molar refractivity (Wildman–Crippen MR) is 120 cm³/mol. The second-order valence-electron chi connectivity index (χ2n) is 6.90. The van der Waals surface area contributed by atoms with Crippen molar-refractivity contribution in [2.24, 2.45) is 0 Å². The van der Waals surface area contributed by atoms with Crippen molar-refractivity contribution >= 4 is 31.7 Å². The van der Waals surface area contributed by atoms with E-state index in [4.69, 9.17) is 9.84 Å². The summed E-state index contributed by atoms with van der Waals surface area (Å²) in [6.45, 7) is 0. The quantitative estimate of drug-likeness (QED) is 0.456. The van der Waals surface area contributed by atoms with Crippen molar-refractivity contribution < 1.29 is 23.1 Å². The van der Waals surface area contributed by atoms with Crippen LogP contribution in [0.2, 0.25) is 0 Å². The average Bonchev–Trinajstić information content (AvgIpc) is 2.69. The first-order valence-corrected chi connectivity index (χ1v) is 11.9. The SMILES string of the molecule is O=C(O)Cc1cccc(Oc2ccc(Br)cc2CS(=O)(=O)CCc2ccccc2)c1. The maximum atomic E-state index is 12.7. The first kappa shape index (κ1) is 22.1. The highest BCUT2D eigenvalue weighted by Crippen LogP contribution is 2.30. The van der Waals surface area contributed by atoms with E-state index in [1.165, 1.54) is 0 Å². The minimum Gasteiger partial charge on any atom is -0.481 e. The molecule has 0 atom stereocenters. The molecule has 0 amide bonds. The number of carboxylic acids is 1. The summed E-state index contributed by atoms with van der Waals surface area (Å²) in [5.41, 5.74) is 2.12. The van der Waals surface area contributed by atoms with Gasteiger partial charge >= 0.3 is 5.97 Å². The van der Waals surface area contributed by atoms with Gasteiger partial charge in [0, 0.05) is 10.0 Å². The van der Waals surface area contributed by atoms with Gasteiger partial charge < -0.3 is 9.84 Å². The normalized spacial score (nSPS) is 11.2. The number of carbonyl (C=O) groups is 1. The predicted octanol–water partition coefficient (Wildman–Crippen LogP) is 5.03. The third-order valence-corrected chi connectivity index (χ3v) is 6.49. The maximum Gasteiger partial charge on any atom is 0.307 e. The van der Waals surface area contributed by atoms with Gasteiger partial charge in [0.2, 0.25) is 0 Å². The Bertz CT molecular complexity index is 1130.